The molecule has 0 rings (SSSR count). The first-order valence-corrected chi connectivity index (χ1v) is 3.53. The molecule has 1 N–H and O–H groups in total. The van der Waals surface area contributed by atoms with Gasteiger partial charge in [0.25, 0.3) is 0 Å². The Kier molecular flexibility index (Phi) is 5.99. The number of rotatable bonds is 5. The van der Waals surface area contributed by atoms with Crippen molar-refractivity contribution in [1.82, 2.24) is 0 Å². The van der Waals surface area contributed by atoms with Crippen LogP contribution in [0.1, 0.15) is 33.1 Å². The van der Waals surface area contributed by atoms with Crippen molar-refractivity contribution in [3.8, 4) is 0 Å². The van der Waals surface area contributed by atoms with E-state index in [1.165, 1.54) is 6.42 Å². The largest absolute Gasteiger partial charge is 0.252 e. The summed E-state index contributed by atoms with van der Waals surface area (Å²) in [6.07, 6.45) is 3.34. The molecule has 0 unspecified atom stereocenters. The van der Waals surface area contributed by atoms with Crippen LogP contribution in [0.5, 0.6) is 0 Å². The average molecular weight is 132 g/mol. The predicted octanol–water partition coefficient (Wildman–Crippen LogP) is 2.30. The van der Waals surface area contributed by atoms with Crippen LogP contribution in [0.15, 0.2) is 0 Å². The maximum absolute atomic E-state index is 7.93. The van der Waals surface area contributed by atoms with Gasteiger partial charge in [0.05, 0.1) is 6.61 Å². The summed E-state index contributed by atoms with van der Waals surface area (Å²) in [5.74, 6) is 0.767. The smallest absolute Gasteiger partial charge is 0.0819 e. The van der Waals surface area contributed by atoms with Crippen molar-refractivity contribution in [1.29, 1.82) is 0 Å². The van der Waals surface area contributed by atoms with Gasteiger partial charge in [0.2, 0.25) is 0 Å². The monoisotopic (exact) mass is 132 g/mol. The summed E-state index contributed by atoms with van der Waals surface area (Å²) >= 11 is 0. The lowest BCUT2D eigenvalue weighted by molar-refractivity contribution is -0.242. The van der Waals surface area contributed by atoms with Crippen molar-refractivity contribution < 1.29 is 10.1 Å². The quantitative estimate of drug-likeness (QED) is 0.353. The average Bonchev–Trinajstić information content (AvgIpc) is 1.80. The van der Waals surface area contributed by atoms with E-state index in [1.807, 2.05) is 0 Å². The molecule has 0 atom stereocenters. The zero-order chi connectivity index (χ0) is 7.11. The molecular formula is C7H16O2. The molecule has 2 heteroatoms. The van der Waals surface area contributed by atoms with Crippen LogP contribution in [0, 0.1) is 5.92 Å². The van der Waals surface area contributed by atoms with Gasteiger partial charge in [0, 0.05) is 0 Å². The third kappa shape index (κ3) is 7.92. The lowest BCUT2D eigenvalue weighted by Crippen LogP contribution is -1.91. The summed E-state index contributed by atoms with van der Waals surface area (Å²) in [5, 5.41) is 7.93. The van der Waals surface area contributed by atoms with E-state index in [0.717, 1.165) is 18.8 Å². The van der Waals surface area contributed by atoms with Crippen LogP contribution in [-0.4, -0.2) is 11.9 Å². The minimum Gasteiger partial charge on any atom is -0.252 e. The van der Waals surface area contributed by atoms with Gasteiger partial charge in [-0.1, -0.05) is 26.7 Å². The zero-order valence-corrected chi connectivity index (χ0v) is 6.26. The van der Waals surface area contributed by atoms with Crippen LogP contribution in [0.25, 0.3) is 0 Å². The van der Waals surface area contributed by atoms with Crippen molar-refractivity contribution in [2.24, 2.45) is 5.92 Å². The van der Waals surface area contributed by atoms with Crippen molar-refractivity contribution >= 4 is 0 Å². The van der Waals surface area contributed by atoms with E-state index < -0.39 is 0 Å². The van der Waals surface area contributed by atoms with Crippen molar-refractivity contribution in [2.45, 2.75) is 33.1 Å². The van der Waals surface area contributed by atoms with E-state index in [1.54, 1.807) is 0 Å². The van der Waals surface area contributed by atoms with Gasteiger partial charge in [0.15, 0.2) is 0 Å². The Morgan fingerprint density at radius 2 is 2.00 bits per heavy atom. The van der Waals surface area contributed by atoms with E-state index in [0.29, 0.717) is 6.61 Å². The summed E-state index contributed by atoms with van der Waals surface area (Å²) in [6.45, 7) is 4.87. The maximum atomic E-state index is 7.93. The topological polar surface area (TPSA) is 29.5 Å². The molecule has 0 heterocycles. The van der Waals surface area contributed by atoms with E-state index in [9.17, 15) is 0 Å². The molecule has 0 aliphatic heterocycles. The molecule has 0 fully saturated rings. The SMILES string of the molecule is CC(C)CCCCOO. The highest BCUT2D eigenvalue weighted by Crippen LogP contribution is 2.05. The van der Waals surface area contributed by atoms with Gasteiger partial charge >= 0.3 is 0 Å². The second-order valence-corrected chi connectivity index (χ2v) is 2.72. The molecule has 0 saturated heterocycles. The Morgan fingerprint density at radius 1 is 1.33 bits per heavy atom. The van der Waals surface area contributed by atoms with Crippen LogP contribution >= 0.6 is 0 Å². The van der Waals surface area contributed by atoms with Crippen LogP contribution in [0.2, 0.25) is 0 Å². The first kappa shape index (κ1) is 8.92. The molecule has 0 amide bonds. The fourth-order valence-corrected chi connectivity index (χ4v) is 0.719. The minimum atomic E-state index is 0.479. The number of unbranched alkanes of at least 4 members (excludes halogenated alkanes) is 1. The van der Waals surface area contributed by atoms with Crippen LogP contribution in [0.3, 0.4) is 0 Å². The Bertz CT molecular complexity index is 52.9. The third-order valence-corrected chi connectivity index (χ3v) is 1.27. The van der Waals surface area contributed by atoms with E-state index in [4.69, 9.17) is 5.26 Å². The van der Waals surface area contributed by atoms with Gasteiger partial charge in [-0.2, -0.15) is 0 Å². The fraction of sp³-hybridized carbons (Fsp3) is 1.00. The lowest BCUT2D eigenvalue weighted by Gasteiger charge is -2.01. The lowest BCUT2D eigenvalue weighted by atomic mass is 10.1. The van der Waals surface area contributed by atoms with Crippen LogP contribution < -0.4 is 0 Å². The molecule has 0 spiro atoms. The number of hydrogen-bond donors (Lipinski definition) is 1. The molecule has 0 aliphatic rings. The molecule has 0 saturated carbocycles. The van der Waals surface area contributed by atoms with Crippen molar-refractivity contribution in [3.05, 3.63) is 0 Å². The zero-order valence-electron chi connectivity index (χ0n) is 6.26. The molecule has 56 valence electrons. The standard InChI is InChI=1S/C7H16O2/c1-7(2)5-3-4-6-9-8/h7-8H,3-6H2,1-2H3. The highest BCUT2D eigenvalue weighted by atomic mass is 17.1. The minimum absolute atomic E-state index is 0.479. The predicted molar refractivity (Wildman–Crippen MR) is 37.3 cm³/mol. The summed E-state index contributed by atoms with van der Waals surface area (Å²) < 4.78 is 0. The van der Waals surface area contributed by atoms with Gasteiger partial charge in [-0.25, -0.2) is 4.89 Å². The highest BCUT2D eigenvalue weighted by molar-refractivity contribution is 4.44. The molecule has 9 heavy (non-hydrogen) atoms. The Hall–Kier alpha value is -0.0800. The fourth-order valence-electron chi connectivity index (χ4n) is 0.719. The van der Waals surface area contributed by atoms with E-state index in [-0.39, 0.29) is 0 Å². The molecule has 0 aromatic rings. The van der Waals surface area contributed by atoms with Crippen LogP contribution in [0.4, 0.5) is 0 Å². The Morgan fingerprint density at radius 3 is 2.44 bits per heavy atom. The molecule has 0 aliphatic carbocycles. The van der Waals surface area contributed by atoms with E-state index in [2.05, 4.69) is 18.7 Å². The van der Waals surface area contributed by atoms with E-state index >= 15 is 0 Å². The highest BCUT2D eigenvalue weighted by Gasteiger charge is 1.92. The van der Waals surface area contributed by atoms with Crippen molar-refractivity contribution in [2.75, 3.05) is 6.61 Å². The van der Waals surface area contributed by atoms with Crippen LogP contribution in [-0.2, 0) is 4.89 Å². The van der Waals surface area contributed by atoms with Crippen molar-refractivity contribution in [3.63, 3.8) is 0 Å². The second-order valence-electron chi connectivity index (χ2n) is 2.72. The summed E-state index contributed by atoms with van der Waals surface area (Å²) in [6, 6.07) is 0. The van der Waals surface area contributed by atoms with Gasteiger partial charge < -0.3 is 0 Å². The first-order chi connectivity index (χ1) is 4.27. The summed E-state index contributed by atoms with van der Waals surface area (Å²) in [7, 11) is 0. The molecule has 0 aromatic carbocycles. The molecular weight excluding hydrogens is 116 g/mol. The van der Waals surface area contributed by atoms with Gasteiger partial charge in [-0.15, -0.1) is 0 Å². The van der Waals surface area contributed by atoms with Gasteiger partial charge in [-0.3, -0.25) is 5.26 Å². The molecule has 0 aromatic heterocycles. The normalized spacial score (nSPS) is 10.7. The van der Waals surface area contributed by atoms with Gasteiger partial charge in [0.1, 0.15) is 0 Å². The summed E-state index contributed by atoms with van der Waals surface area (Å²) in [4.78, 5) is 3.92. The van der Waals surface area contributed by atoms with Gasteiger partial charge in [-0.05, 0) is 12.3 Å². The Labute approximate surface area is 56.8 Å². The molecule has 2 nitrogen and oxygen atoms in total. The molecule has 0 radical (unpaired) electrons. The first-order valence-electron chi connectivity index (χ1n) is 3.53. The Balaban J connectivity index is 2.75. The maximum Gasteiger partial charge on any atom is 0.0819 e. The molecule has 0 bridgehead atoms. The second kappa shape index (κ2) is 6.05. The third-order valence-electron chi connectivity index (χ3n) is 1.27. The number of hydrogen-bond acceptors (Lipinski definition) is 2. The summed E-state index contributed by atoms with van der Waals surface area (Å²) in [5.41, 5.74) is 0.